The van der Waals surface area contributed by atoms with Crippen LogP contribution in [0.25, 0.3) is 10.8 Å². The molecular formula is C21H27N3O. The zero-order chi connectivity index (χ0) is 17.6. The normalized spacial score (nSPS) is 23.7. The molecule has 2 aliphatic heterocycles. The number of benzene rings is 2. The first kappa shape index (κ1) is 16.4. The minimum atomic E-state index is 0.181. The molecule has 2 heterocycles. The number of nitrogens with zero attached hydrogens (tertiary/aromatic N) is 3. The summed E-state index contributed by atoms with van der Waals surface area (Å²) in [5.41, 5.74) is 2.22. The summed E-state index contributed by atoms with van der Waals surface area (Å²) in [4.78, 5) is 19.9. The van der Waals surface area contributed by atoms with Gasteiger partial charge < -0.3 is 9.80 Å². The van der Waals surface area contributed by atoms with Crippen molar-refractivity contribution in [2.24, 2.45) is 0 Å². The van der Waals surface area contributed by atoms with Crippen molar-refractivity contribution in [1.29, 1.82) is 0 Å². The monoisotopic (exact) mass is 337 g/mol. The summed E-state index contributed by atoms with van der Waals surface area (Å²) in [6.07, 6.45) is 3.53. The fourth-order valence-electron chi connectivity index (χ4n) is 4.48. The zero-order valence-corrected chi connectivity index (χ0v) is 15.5. The molecule has 0 aromatic heterocycles. The summed E-state index contributed by atoms with van der Waals surface area (Å²) in [5, 5.41) is 2.20. The van der Waals surface area contributed by atoms with Gasteiger partial charge in [0, 0.05) is 55.9 Å². The van der Waals surface area contributed by atoms with Crippen LogP contribution in [0.2, 0.25) is 0 Å². The first-order valence-corrected chi connectivity index (χ1v) is 9.21. The highest BCUT2D eigenvalue weighted by Crippen LogP contribution is 2.38. The molecule has 0 N–H and O–H groups in total. The van der Waals surface area contributed by atoms with Gasteiger partial charge in [-0.3, -0.25) is 9.69 Å². The van der Waals surface area contributed by atoms with E-state index in [9.17, 15) is 4.79 Å². The van der Waals surface area contributed by atoms with Crippen molar-refractivity contribution in [3.05, 3.63) is 42.0 Å². The molecule has 2 aliphatic rings. The lowest BCUT2D eigenvalue weighted by Gasteiger charge is -2.55. The largest absolute Gasteiger partial charge is 0.377 e. The molecule has 2 fully saturated rings. The number of fused-ring (bicyclic) bond motifs is 1. The van der Waals surface area contributed by atoms with Crippen LogP contribution < -0.4 is 4.90 Å². The molecule has 1 amide bonds. The van der Waals surface area contributed by atoms with Gasteiger partial charge in [0.1, 0.15) is 0 Å². The summed E-state index contributed by atoms with van der Waals surface area (Å²) < 4.78 is 0. The minimum absolute atomic E-state index is 0.181. The maximum absolute atomic E-state index is 13.3. The maximum Gasteiger partial charge on any atom is 0.254 e. The van der Waals surface area contributed by atoms with Crippen molar-refractivity contribution in [3.63, 3.8) is 0 Å². The van der Waals surface area contributed by atoms with Crippen molar-refractivity contribution in [2.45, 2.75) is 24.8 Å². The van der Waals surface area contributed by atoms with Crippen LogP contribution in [0, 0.1) is 0 Å². The van der Waals surface area contributed by atoms with Crippen molar-refractivity contribution >= 4 is 22.4 Å². The van der Waals surface area contributed by atoms with E-state index < -0.39 is 0 Å². The molecule has 4 heteroatoms. The van der Waals surface area contributed by atoms with E-state index in [1.807, 2.05) is 32.3 Å². The Morgan fingerprint density at radius 3 is 2.44 bits per heavy atom. The first-order valence-electron chi connectivity index (χ1n) is 9.21. The van der Waals surface area contributed by atoms with E-state index in [-0.39, 0.29) is 11.4 Å². The average Bonchev–Trinajstić information content (AvgIpc) is 2.65. The highest BCUT2D eigenvalue weighted by atomic mass is 16.2. The predicted octanol–water partition coefficient (Wildman–Crippen LogP) is 3.22. The summed E-state index contributed by atoms with van der Waals surface area (Å²) in [6, 6.07) is 12.3. The molecule has 1 unspecified atom stereocenters. The molecule has 2 aromatic rings. The third-order valence-electron chi connectivity index (χ3n) is 6.18. The molecular weight excluding hydrogens is 310 g/mol. The lowest BCUT2D eigenvalue weighted by atomic mass is 9.78. The van der Waals surface area contributed by atoms with Gasteiger partial charge in [-0.2, -0.15) is 0 Å². The van der Waals surface area contributed by atoms with Gasteiger partial charge in [0.25, 0.3) is 5.91 Å². The van der Waals surface area contributed by atoms with Crippen LogP contribution in [-0.2, 0) is 0 Å². The molecule has 1 atom stereocenters. The van der Waals surface area contributed by atoms with E-state index in [0.717, 1.165) is 48.1 Å². The lowest BCUT2D eigenvalue weighted by Crippen LogP contribution is -2.66. The van der Waals surface area contributed by atoms with Gasteiger partial charge in [-0.1, -0.05) is 24.3 Å². The number of amides is 1. The summed E-state index contributed by atoms with van der Waals surface area (Å²) in [7, 11) is 6.28. The molecule has 0 aliphatic carbocycles. The smallest absolute Gasteiger partial charge is 0.254 e. The van der Waals surface area contributed by atoms with Gasteiger partial charge in [-0.05, 0) is 43.8 Å². The van der Waals surface area contributed by atoms with Gasteiger partial charge in [0.2, 0.25) is 0 Å². The molecule has 0 saturated carbocycles. The number of likely N-dealkylation sites (N-methyl/N-ethyl adjacent to an activating group) is 1. The number of likely N-dealkylation sites (tertiary alicyclic amines) is 2. The molecule has 25 heavy (non-hydrogen) atoms. The quantitative estimate of drug-likeness (QED) is 0.842. The van der Waals surface area contributed by atoms with E-state index in [4.69, 9.17) is 0 Å². The zero-order valence-electron chi connectivity index (χ0n) is 15.5. The predicted molar refractivity (Wildman–Crippen MR) is 103 cm³/mol. The van der Waals surface area contributed by atoms with Gasteiger partial charge in [-0.25, -0.2) is 0 Å². The van der Waals surface area contributed by atoms with Gasteiger partial charge in [0.05, 0.1) is 0 Å². The fourth-order valence-corrected chi connectivity index (χ4v) is 4.48. The summed E-state index contributed by atoms with van der Waals surface area (Å²) >= 11 is 0. The first-order chi connectivity index (χ1) is 12.0. The van der Waals surface area contributed by atoms with E-state index in [1.165, 1.54) is 12.8 Å². The van der Waals surface area contributed by atoms with Crippen LogP contribution >= 0.6 is 0 Å². The molecule has 1 spiro atoms. The molecule has 4 nitrogen and oxygen atoms in total. The Balaban J connectivity index is 1.70. The van der Waals surface area contributed by atoms with Crippen LogP contribution in [0.5, 0.6) is 0 Å². The number of rotatable bonds is 2. The number of hydrogen-bond donors (Lipinski definition) is 0. The van der Waals surface area contributed by atoms with Crippen molar-refractivity contribution in [1.82, 2.24) is 9.80 Å². The standard InChI is InChI=1S/C21H27N3O/c1-22(2)19-10-9-18(16-7-4-5-8-17(16)19)20(25)24-13-6-11-21(15-24)12-14-23(21)3/h4-5,7-10H,6,11-15H2,1-3H3. The number of carbonyl (C=O) groups is 1. The Kier molecular flexibility index (Phi) is 3.95. The van der Waals surface area contributed by atoms with Crippen LogP contribution in [0.15, 0.2) is 36.4 Å². The fraction of sp³-hybridized carbons (Fsp3) is 0.476. The topological polar surface area (TPSA) is 26.8 Å². The average molecular weight is 337 g/mol. The minimum Gasteiger partial charge on any atom is -0.377 e. The Hall–Kier alpha value is -2.07. The molecule has 4 rings (SSSR count). The molecule has 0 bridgehead atoms. The number of carbonyl (C=O) groups excluding carboxylic acids is 1. The number of anilines is 1. The van der Waals surface area contributed by atoms with Crippen molar-refractivity contribution in [3.8, 4) is 0 Å². The summed E-state index contributed by atoms with van der Waals surface area (Å²) in [5.74, 6) is 0.181. The number of hydrogen-bond acceptors (Lipinski definition) is 3. The van der Waals surface area contributed by atoms with Gasteiger partial charge in [0.15, 0.2) is 0 Å². The molecule has 0 radical (unpaired) electrons. The van der Waals surface area contributed by atoms with E-state index in [2.05, 4.69) is 39.9 Å². The highest BCUT2D eigenvalue weighted by molar-refractivity contribution is 6.10. The summed E-state index contributed by atoms with van der Waals surface area (Å²) in [6.45, 7) is 2.90. The lowest BCUT2D eigenvalue weighted by molar-refractivity contribution is -0.0408. The number of piperidine rings is 1. The van der Waals surface area contributed by atoms with Crippen molar-refractivity contribution in [2.75, 3.05) is 45.7 Å². The SMILES string of the molecule is CN(C)c1ccc(C(=O)N2CCCC3(CCN3C)C2)c2ccccc12. The second kappa shape index (κ2) is 6.03. The van der Waals surface area contributed by atoms with E-state index >= 15 is 0 Å². The van der Waals surface area contributed by atoms with Crippen LogP contribution in [-0.4, -0.2) is 62.0 Å². The third kappa shape index (κ3) is 2.60. The van der Waals surface area contributed by atoms with Crippen LogP contribution in [0.1, 0.15) is 29.6 Å². The second-order valence-corrected chi connectivity index (χ2v) is 7.80. The van der Waals surface area contributed by atoms with Gasteiger partial charge >= 0.3 is 0 Å². The highest BCUT2D eigenvalue weighted by Gasteiger charge is 2.46. The van der Waals surface area contributed by atoms with Crippen LogP contribution in [0.4, 0.5) is 5.69 Å². The molecule has 2 aromatic carbocycles. The van der Waals surface area contributed by atoms with Crippen LogP contribution in [0.3, 0.4) is 0 Å². The van der Waals surface area contributed by atoms with E-state index in [0.29, 0.717) is 0 Å². The Morgan fingerprint density at radius 1 is 1.04 bits per heavy atom. The maximum atomic E-state index is 13.3. The Bertz CT molecular complexity index is 816. The van der Waals surface area contributed by atoms with E-state index in [1.54, 1.807) is 0 Å². The van der Waals surface area contributed by atoms with Gasteiger partial charge in [-0.15, -0.1) is 0 Å². The third-order valence-corrected chi connectivity index (χ3v) is 6.18. The molecule has 132 valence electrons. The Labute approximate surface area is 150 Å². The van der Waals surface area contributed by atoms with Crippen molar-refractivity contribution < 1.29 is 4.79 Å². The molecule has 2 saturated heterocycles. The Morgan fingerprint density at radius 2 is 1.80 bits per heavy atom. The second-order valence-electron chi connectivity index (χ2n) is 7.80.